The molecular formula is C37H33BrO6. The molecular weight excluding hydrogens is 620 g/mol. The van der Waals surface area contributed by atoms with Crippen molar-refractivity contribution in [3.63, 3.8) is 0 Å². The molecule has 7 heteroatoms. The first-order valence-electron chi connectivity index (χ1n) is 14.3. The van der Waals surface area contributed by atoms with Crippen LogP contribution in [0.1, 0.15) is 58.2 Å². The second-order valence-electron chi connectivity index (χ2n) is 11.2. The number of carbonyl (C=O) groups is 2. The van der Waals surface area contributed by atoms with Gasteiger partial charge in [-0.3, -0.25) is 0 Å². The molecule has 44 heavy (non-hydrogen) atoms. The lowest BCUT2D eigenvalue weighted by atomic mass is 10.1. The monoisotopic (exact) mass is 652 g/mol. The standard InChI is InChI=1S/C37H33BrO6/c1-37(2,3)44-35(39)29-20-31(41-22-25-12-6-4-7-13-25)33(32(21-29)42-23-26-14-8-5-9-15-26)36(40)43-24-28-19-18-27-16-10-11-17-30(27)34(28)38/h4-21H,22-24H2,1-3H3. The van der Waals surface area contributed by atoms with E-state index in [1.54, 1.807) is 20.8 Å². The Hall–Kier alpha value is -4.62. The third kappa shape index (κ3) is 7.85. The molecule has 0 aromatic heterocycles. The van der Waals surface area contributed by atoms with Crippen LogP contribution in [0.15, 0.2) is 114 Å². The summed E-state index contributed by atoms with van der Waals surface area (Å²) in [5.74, 6) is -0.899. The highest BCUT2D eigenvalue weighted by Gasteiger charge is 2.27. The second-order valence-corrected chi connectivity index (χ2v) is 12.0. The largest absolute Gasteiger partial charge is 0.488 e. The summed E-state index contributed by atoms with van der Waals surface area (Å²) in [5, 5.41) is 2.09. The van der Waals surface area contributed by atoms with Crippen LogP contribution in [0.5, 0.6) is 11.5 Å². The topological polar surface area (TPSA) is 71.1 Å². The summed E-state index contributed by atoms with van der Waals surface area (Å²) < 4.78 is 24.7. The minimum absolute atomic E-state index is 0.00825. The molecule has 0 radical (unpaired) electrons. The van der Waals surface area contributed by atoms with E-state index in [1.807, 2.05) is 97.1 Å². The van der Waals surface area contributed by atoms with Crippen LogP contribution < -0.4 is 9.47 Å². The summed E-state index contributed by atoms with van der Waals surface area (Å²) in [6.45, 7) is 5.71. The third-order valence-corrected chi connectivity index (χ3v) is 7.62. The lowest BCUT2D eigenvalue weighted by Gasteiger charge is -2.21. The third-order valence-electron chi connectivity index (χ3n) is 6.68. The van der Waals surface area contributed by atoms with Crippen molar-refractivity contribution < 1.29 is 28.5 Å². The maximum atomic E-state index is 13.9. The molecule has 6 nitrogen and oxygen atoms in total. The van der Waals surface area contributed by atoms with Gasteiger partial charge in [-0.15, -0.1) is 0 Å². The van der Waals surface area contributed by atoms with Crippen LogP contribution in [0.2, 0.25) is 0 Å². The number of ether oxygens (including phenoxy) is 4. The normalized spacial score (nSPS) is 11.2. The van der Waals surface area contributed by atoms with Crippen LogP contribution in [-0.2, 0) is 29.3 Å². The zero-order valence-corrected chi connectivity index (χ0v) is 26.4. The molecule has 0 bridgehead atoms. The Balaban J connectivity index is 1.51. The number of esters is 2. The number of hydrogen-bond acceptors (Lipinski definition) is 6. The molecule has 0 aliphatic carbocycles. The van der Waals surface area contributed by atoms with Gasteiger partial charge in [0.2, 0.25) is 0 Å². The van der Waals surface area contributed by atoms with Crippen molar-refractivity contribution in [1.29, 1.82) is 0 Å². The molecule has 0 saturated carbocycles. The molecule has 0 aliphatic rings. The number of halogens is 1. The highest BCUT2D eigenvalue weighted by Crippen LogP contribution is 2.35. The van der Waals surface area contributed by atoms with Crippen molar-refractivity contribution in [2.45, 2.75) is 46.2 Å². The fourth-order valence-corrected chi connectivity index (χ4v) is 5.16. The van der Waals surface area contributed by atoms with Gasteiger partial charge in [-0.2, -0.15) is 0 Å². The van der Waals surface area contributed by atoms with E-state index in [1.165, 1.54) is 12.1 Å². The minimum Gasteiger partial charge on any atom is -0.488 e. The summed E-state index contributed by atoms with van der Waals surface area (Å²) in [6.07, 6.45) is 0. The smallest absolute Gasteiger partial charge is 0.346 e. The highest BCUT2D eigenvalue weighted by atomic mass is 79.9. The molecule has 5 rings (SSSR count). The van der Waals surface area contributed by atoms with Gasteiger partial charge < -0.3 is 18.9 Å². The zero-order chi connectivity index (χ0) is 31.1. The summed E-state index contributed by atoms with van der Waals surface area (Å²) in [4.78, 5) is 27.0. The van der Waals surface area contributed by atoms with Crippen molar-refractivity contribution in [2.75, 3.05) is 0 Å². The maximum Gasteiger partial charge on any atom is 0.346 e. The molecule has 0 unspecified atom stereocenters. The van der Waals surface area contributed by atoms with Crippen molar-refractivity contribution >= 4 is 38.6 Å². The van der Waals surface area contributed by atoms with Gasteiger partial charge in [0.1, 0.15) is 42.5 Å². The molecule has 0 N–H and O–H groups in total. The van der Waals surface area contributed by atoms with E-state index in [9.17, 15) is 9.59 Å². The van der Waals surface area contributed by atoms with Crippen molar-refractivity contribution in [2.24, 2.45) is 0 Å². The fourth-order valence-electron chi connectivity index (χ4n) is 4.55. The molecule has 5 aromatic carbocycles. The predicted molar refractivity (Wildman–Crippen MR) is 174 cm³/mol. The number of hydrogen-bond donors (Lipinski definition) is 0. The van der Waals surface area contributed by atoms with Crippen molar-refractivity contribution in [1.82, 2.24) is 0 Å². The van der Waals surface area contributed by atoms with E-state index in [-0.39, 0.29) is 42.4 Å². The molecule has 0 heterocycles. The minimum atomic E-state index is -0.724. The van der Waals surface area contributed by atoms with E-state index in [0.717, 1.165) is 31.9 Å². The SMILES string of the molecule is CC(C)(C)OC(=O)c1cc(OCc2ccccc2)c(C(=O)OCc2ccc3ccccc3c2Br)c(OCc2ccccc2)c1. The quantitative estimate of drug-likeness (QED) is 0.140. The van der Waals surface area contributed by atoms with Crippen LogP contribution in [0.25, 0.3) is 10.8 Å². The first kappa shape index (κ1) is 30.8. The number of benzene rings is 5. The average molecular weight is 654 g/mol. The summed E-state index contributed by atoms with van der Waals surface area (Å²) in [7, 11) is 0. The second kappa shape index (κ2) is 13.8. The van der Waals surface area contributed by atoms with Crippen LogP contribution >= 0.6 is 15.9 Å². The van der Waals surface area contributed by atoms with Gasteiger partial charge in [-0.25, -0.2) is 9.59 Å². The van der Waals surface area contributed by atoms with E-state index in [2.05, 4.69) is 15.9 Å². The lowest BCUT2D eigenvalue weighted by molar-refractivity contribution is 0.00677. The molecule has 0 spiro atoms. The van der Waals surface area contributed by atoms with E-state index >= 15 is 0 Å². The number of rotatable bonds is 10. The van der Waals surface area contributed by atoms with Gasteiger partial charge >= 0.3 is 11.9 Å². The zero-order valence-electron chi connectivity index (χ0n) is 24.8. The van der Waals surface area contributed by atoms with Gasteiger partial charge in [-0.1, -0.05) is 97.1 Å². The Morgan fingerprint density at radius 3 is 1.77 bits per heavy atom. The Bertz CT molecular complexity index is 1700. The first-order chi connectivity index (χ1) is 21.2. The predicted octanol–water partition coefficient (Wildman–Crippen LogP) is 9.07. The Morgan fingerprint density at radius 1 is 0.659 bits per heavy atom. The molecule has 0 aliphatic heterocycles. The van der Waals surface area contributed by atoms with Gasteiger partial charge in [0, 0.05) is 10.0 Å². The summed E-state index contributed by atoms with van der Waals surface area (Å²) in [6, 6.07) is 34.0. The lowest BCUT2D eigenvalue weighted by Crippen LogP contribution is -2.24. The van der Waals surface area contributed by atoms with Gasteiger partial charge in [-0.05, 0) is 70.7 Å². The molecule has 0 amide bonds. The van der Waals surface area contributed by atoms with Crippen LogP contribution in [-0.4, -0.2) is 17.5 Å². The summed E-state index contributed by atoms with van der Waals surface area (Å²) in [5.41, 5.74) is 2.14. The maximum absolute atomic E-state index is 13.9. The molecule has 0 atom stereocenters. The van der Waals surface area contributed by atoms with E-state index in [4.69, 9.17) is 18.9 Å². The van der Waals surface area contributed by atoms with Crippen molar-refractivity contribution in [3.8, 4) is 11.5 Å². The van der Waals surface area contributed by atoms with Gasteiger partial charge in [0.05, 0.1) is 5.56 Å². The Morgan fingerprint density at radius 2 is 1.20 bits per heavy atom. The van der Waals surface area contributed by atoms with E-state index in [0.29, 0.717) is 0 Å². The molecule has 0 saturated heterocycles. The van der Waals surface area contributed by atoms with Crippen molar-refractivity contribution in [3.05, 3.63) is 141 Å². The summed E-state index contributed by atoms with van der Waals surface area (Å²) >= 11 is 3.68. The Kier molecular flexibility index (Phi) is 9.65. The fraction of sp³-hybridized carbons (Fsp3) is 0.189. The molecule has 224 valence electrons. The van der Waals surface area contributed by atoms with Crippen LogP contribution in [0.3, 0.4) is 0 Å². The molecule has 0 fully saturated rings. The van der Waals surface area contributed by atoms with Gasteiger partial charge in [0.15, 0.2) is 0 Å². The van der Waals surface area contributed by atoms with Crippen LogP contribution in [0.4, 0.5) is 0 Å². The van der Waals surface area contributed by atoms with Crippen LogP contribution in [0, 0.1) is 0 Å². The van der Waals surface area contributed by atoms with E-state index < -0.39 is 17.5 Å². The number of carbonyl (C=O) groups excluding carboxylic acids is 2. The first-order valence-corrected chi connectivity index (χ1v) is 15.1. The molecule has 5 aromatic rings. The highest BCUT2D eigenvalue weighted by molar-refractivity contribution is 9.10. The number of fused-ring (bicyclic) bond motifs is 1. The van der Waals surface area contributed by atoms with Gasteiger partial charge in [0.25, 0.3) is 0 Å². The Labute approximate surface area is 265 Å². The average Bonchev–Trinajstić information content (AvgIpc) is 3.02.